The van der Waals surface area contributed by atoms with Crippen LogP contribution in [0.3, 0.4) is 0 Å². The van der Waals surface area contributed by atoms with Gasteiger partial charge in [0.1, 0.15) is 5.70 Å². The van der Waals surface area contributed by atoms with Gasteiger partial charge in [0.15, 0.2) is 5.78 Å². The molecule has 1 aliphatic rings. The fourth-order valence-corrected chi connectivity index (χ4v) is 2.72. The van der Waals surface area contributed by atoms with Crippen molar-refractivity contribution in [1.29, 1.82) is 0 Å². The number of carbonyl (C=O) groups is 2. The summed E-state index contributed by atoms with van der Waals surface area (Å²) in [5, 5.41) is 13.7. The molecule has 0 atom stereocenters. The third-order valence-corrected chi connectivity index (χ3v) is 4.19. The molecular weight excluding hydrogens is 328 g/mol. The van der Waals surface area contributed by atoms with Crippen molar-refractivity contribution in [1.82, 2.24) is 5.43 Å². The van der Waals surface area contributed by atoms with Crippen LogP contribution in [-0.2, 0) is 9.59 Å². The third kappa shape index (κ3) is 3.28. The van der Waals surface area contributed by atoms with E-state index in [0.717, 1.165) is 28.3 Å². The van der Waals surface area contributed by atoms with Crippen molar-refractivity contribution < 1.29 is 14.7 Å². The van der Waals surface area contributed by atoms with Gasteiger partial charge >= 0.3 is 5.97 Å². The molecular formula is C21H20N2O3. The molecule has 2 N–H and O–H groups in total. The fraction of sp³-hybridized carbons (Fsp3) is 0.190. The first kappa shape index (κ1) is 17.6. The van der Waals surface area contributed by atoms with Crippen molar-refractivity contribution in [2.75, 3.05) is 0 Å². The van der Waals surface area contributed by atoms with Crippen molar-refractivity contribution in [2.45, 2.75) is 20.8 Å². The molecule has 0 radical (unpaired) electrons. The molecule has 0 unspecified atom stereocenters. The highest BCUT2D eigenvalue weighted by molar-refractivity contribution is 6.24. The van der Waals surface area contributed by atoms with Crippen LogP contribution in [-0.4, -0.2) is 22.6 Å². The summed E-state index contributed by atoms with van der Waals surface area (Å²) in [4.78, 5) is 23.6. The van der Waals surface area contributed by atoms with Crippen LogP contribution in [0.1, 0.15) is 31.9 Å². The molecule has 5 nitrogen and oxygen atoms in total. The predicted molar refractivity (Wildman–Crippen MR) is 101 cm³/mol. The number of benzene rings is 2. The molecule has 0 bridgehead atoms. The van der Waals surface area contributed by atoms with Gasteiger partial charge in [-0.2, -0.15) is 5.10 Å². The molecule has 0 saturated heterocycles. The minimum Gasteiger partial charge on any atom is -0.477 e. The lowest BCUT2D eigenvalue weighted by Crippen LogP contribution is -2.23. The van der Waals surface area contributed by atoms with Gasteiger partial charge in [0.2, 0.25) is 0 Å². The van der Waals surface area contributed by atoms with Crippen molar-refractivity contribution in [3.8, 4) is 11.1 Å². The number of hydrazone groups is 1. The molecule has 0 heterocycles. The minimum absolute atomic E-state index is 0.251. The lowest BCUT2D eigenvalue weighted by atomic mass is 9.90. The minimum atomic E-state index is -1.23. The van der Waals surface area contributed by atoms with E-state index in [4.69, 9.17) is 0 Å². The van der Waals surface area contributed by atoms with Crippen molar-refractivity contribution in [3.63, 3.8) is 0 Å². The van der Waals surface area contributed by atoms with Crippen molar-refractivity contribution >= 4 is 17.5 Å². The van der Waals surface area contributed by atoms with E-state index in [1.165, 1.54) is 0 Å². The zero-order valence-electron chi connectivity index (χ0n) is 14.9. The molecule has 1 aliphatic carbocycles. The summed E-state index contributed by atoms with van der Waals surface area (Å²) in [6, 6.07) is 15.6. The van der Waals surface area contributed by atoms with E-state index in [0.29, 0.717) is 5.71 Å². The largest absolute Gasteiger partial charge is 0.477 e. The van der Waals surface area contributed by atoms with E-state index in [9.17, 15) is 14.7 Å². The highest BCUT2D eigenvalue weighted by Crippen LogP contribution is 2.36. The molecule has 0 amide bonds. The summed E-state index contributed by atoms with van der Waals surface area (Å²) in [6.45, 7) is 5.21. The quantitative estimate of drug-likeness (QED) is 0.558. The van der Waals surface area contributed by atoms with Crippen molar-refractivity contribution in [3.05, 3.63) is 71.4 Å². The average molecular weight is 348 g/mol. The number of carboxylic acid groups (broad SMARTS) is 1. The van der Waals surface area contributed by atoms with Crippen LogP contribution >= 0.6 is 0 Å². The maximum Gasteiger partial charge on any atom is 0.353 e. The van der Waals surface area contributed by atoms with Gasteiger partial charge in [0.25, 0.3) is 0 Å². The fourth-order valence-electron chi connectivity index (χ4n) is 2.72. The molecule has 132 valence electrons. The van der Waals surface area contributed by atoms with Crippen molar-refractivity contribution in [2.24, 2.45) is 10.5 Å². The topological polar surface area (TPSA) is 78.8 Å². The molecule has 0 aliphatic heterocycles. The lowest BCUT2D eigenvalue weighted by Gasteiger charge is -2.14. The van der Waals surface area contributed by atoms with Crippen LogP contribution in [0.5, 0.6) is 0 Å². The molecule has 5 heteroatoms. The first-order valence-corrected chi connectivity index (χ1v) is 8.31. The first-order chi connectivity index (χ1) is 12.3. The number of nitrogens with one attached hydrogen (secondary N) is 1. The number of hydrogen-bond donors (Lipinski definition) is 2. The van der Waals surface area contributed by atoms with Crippen LogP contribution in [0.25, 0.3) is 11.1 Å². The molecule has 3 rings (SSSR count). The van der Waals surface area contributed by atoms with Gasteiger partial charge in [0, 0.05) is 22.6 Å². The zero-order chi connectivity index (χ0) is 18.9. The van der Waals surface area contributed by atoms with E-state index >= 15 is 0 Å². The Balaban J connectivity index is 2.01. The molecule has 26 heavy (non-hydrogen) atoms. The number of rotatable bonds is 4. The van der Waals surface area contributed by atoms with Crippen LogP contribution in [0.15, 0.2) is 65.4 Å². The van der Waals surface area contributed by atoms with Crippen LogP contribution in [0, 0.1) is 5.41 Å². The summed E-state index contributed by atoms with van der Waals surface area (Å²) in [5.41, 5.74) is 6.27. The summed E-state index contributed by atoms with van der Waals surface area (Å²) in [7, 11) is 0. The Bertz CT molecular complexity index is 902. The molecule has 0 saturated carbocycles. The molecule has 2 aromatic carbocycles. The normalized spacial score (nSPS) is 13.0. The van der Waals surface area contributed by atoms with Crippen LogP contribution in [0.2, 0.25) is 0 Å². The Labute approximate surface area is 152 Å². The van der Waals surface area contributed by atoms with Crippen LogP contribution in [0.4, 0.5) is 0 Å². The van der Waals surface area contributed by atoms with Gasteiger partial charge in [-0.1, -0.05) is 69.3 Å². The standard InChI is InChI=1S/C21H20N2O3/c1-21(2,3)18(24)12-17(20(25)26)22-23-19-15-10-6-4-8-13(15)14-9-5-7-11-16(14)19/h4-12,22H,1-3H3,(H,25,26). The molecule has 0 fully saturated rings. The van der Waals surface area contributed by atoms with Gasteiger partial charge in [-0.15, -0.1) is 0 Å². The second-order valence-corrected chi connectivity index (χ2v) is 7.14. The van der Waals surface area contributed by atoms with Gasteiger partial charge in [0.05, 0.1) is 5.71 Å². The second-order valence-electron chi connectivity index (χ2n) is 7.14. The van der Waals surface area contributed by atoms with Gasteiger partial charge in [-0.25, -0.2) is 4.79 Å². The number of allylic oxidation sites excluding steroid dienone is 1. The Morgan fingerprint density at radius 1 is 0.923 bits per heavy atom. The predicted octanol–water partition coefficient (Wildman–Crippen LogP) is 3.59. The number of hydrogen-bond acceptors (Lipinski definition) is 4. The Hall–Kier alpha value is -3.21. The smallest absolute Gasteiger partial charge is 0.353 e. The maximum atomic E-state index is 12.1. The lowest BCUT2D eigenvalue weighted by molar-refractivity contribution is -0.133. The van der Waals surface area contributed by atoms with E-state index in [1.807, 2.05) is 48.5 Å². The molecule has 2 aromatic rings. The van der Waals surface area contributed by atoms with Gasteiger partial charge in [-0.05, 0) is 11.1 Å². The molecule has 0 aromatic heterocycles. The van der Waals surface area contributed by atoms with Gasteiger partial charge < -0.3 is 5.11 Å². The number of fused-ring (bicyclic) bond motifs is 3. The van der Waals surface area contributed by atoms with Gasteiger partial charge in [-0.3, -0.25) is 10.2 Å². The SMILES string of the molecule is CC(C)(C)C(=O)C=C(NN=C1c2ccccc2-c2ccccc21)C(=O)O. The monoisotopic (exact) mass is 348 g/mol. The first-order valence-electron chi connectivity index (χ1n) is 8.31. The van der Waals surface area contributed by atoms with E-state index < -0.39 is 11.4 Å². The number of carboxylic acids is 1. The average Bonchev–Trinajstić information content (AvgIpc) is 2.91. The summed E-state index contributed by atoms with van der Waals surface area (Å²) in [5.74, 6) is -1.51. The Morgan fingerprint density at radius 3 is 1.81 bits per heavy atom. The zero-order valence-corrected chi connectivity index (χ0v) is 14.9. The number of carbonyl (C=O) groups excluding carboxylic acids is 1. The molecule has 0 spiro atoms. The summed E-state index contributed by atoms with van der Waals surface area (Å²) in [6.07, 6.45) is 1.10. The number of ketones is 1. The highest BCUT2D eigenvalue weighted by Gasteiger charge is 2.25. The number of nitrogens with zero attached hydrogens (tertiary/aromatic N) is 1. The Morgan fingerprint density at radius 2 is 1.38 bits per heavy atom. The summed E-state index contributed by atoms with van der Waals surface area (Å²) < 4.78 is 0. The number of aliphatic carboxylic acids is 1. The summed E-state index contributed by atoms with van der Waals surface area (Å²) >= 11 is 0. The third-order valence-electron chi connectivity index (χ3n) is 4.19. The second kappa shape index (κ2) is 6.59. The van der Waals surface area contributed by atoms with E-state index in [-0.39, 0.29) is 11.5 Å². The highest BCUT2D eigenvalue weighted by atomic mass is 16.4. The van der Waals surface area contributed by atoms with E-state index in [2.05, 4.69) is 10.5 Å². The van der Waals surface area contributed by atoms with E-state index in [1.54, 1.807) is 20.8 Å². The van der Waals surface area contributed by atoms with Crippen LogP contribution < -0.4 is 5.43 Å². The maximum absolute atomic E-state index is 12.1. The Kier molecular flexibility index (Phi) is 4.47.